The lowest BCUT2D eigenvalue weighted by atomic mass is 10.1. The summed E-state index contributed by atoms with van der Waals surface area (Å²) in [6, 6.07) is 9.01. The van der Waals surface area contributed by atoms with Crippen LogP contribution in [-0.4, -0.2) is 11.9 Å². The van der Waals surface area contributed by atoms with Crippen LogP contribution in [0.25, 0.3) is 10.8 Å². The van der Waals surface area contributed by atoms with Crippen molar-refractivity contribution < 1.29 is 19.1 Å². The Morgan fingerprint density at radius 2 is 1.11 bits per heavy atom. The number of fused-ring (bicyclic) bond motifs is 1. The van der Waals surface area contributed by atoms with Crippen molar-refractivity contribution >= 4 is 34.3 Å². The summed E-state index contributed by atoms with van der Waals surface area (Å²) in [5, 5.41) is 1.66. The molecular formula is C30H43ClO4. The van der Waals surface area contributed by atoms with Crippen molar-refractivity contribution in [1.82, 2.24) is 0 Å². The molecule has 0 aliphatic rings. The van der Waals surface area contributed by atoms with Crippen LogP contribution in [0, 0.1) is 0 Å². The van der Waals surface area contributed by atoms with Gasteiger partial charge in [0.1, 0.15) is 5.75 Å². The van der Waals surface area contributed by atoms with E-state index in [1.165, 1.54) is 51.4 Å². The summed E-state index contributed by atoms with van der Waals surface area (Å²) in [6.07, 6.45) is 16.8. The third kappa shape index (κ3) is 11.0. The van der Waals surface area contributed by atoms with E-state index in [1.807, 2.05) is 24.3 Å². The fraction of sp³-hybridized carbons (Fsp3) is 0.600. The lowest BCUT2D eigenvalue weighted by Gasteiger charge is -2.14. The number of ether oxygens (including phenoxy) is 2. The Morgan fingerprint density at radius 3 is 1.66 bits per heavy atom. The monoisotopic (exact) mass is 502 g/mol. The van der Waals surface area contributed by atoms with Crippen molar-refractivity contribution in [3.8, 4) is 11.5 Å². The van der Waals surface area contributed by atoms with E-state index in [0.29, 0.717) is 35.1 Å². The molecule has 0 bridgehead atoms. The molecule has 0 fully saturated rings. The molecule has 0 saturated heterocycles. The van der Waals surface area contributed by atoms with Gasteiger partial charge in [-0.05, 0) is 12.8 Å². The average Bonchev–Trinajstić information content (AvgIpc) is 2.85. The third-order valence-electron chi connectivity index (χ3n) is 6.32. The predicted octanol–water partition coefficient (Wildman–Crippen LogP) is 9.59. The molecule has 35 heavy (non-hydrogen) atoms. The van der Waals surface area contributed by atoms with Gasteiger partial charge < -0.3 is 9.47 Å². The number of benzene rings is 2. The smallest absolute Gasteiger partial charge is 0.311 e. The molecule has 0 aromatic heterocycles. The summed E-state index contributed by atoms with van der Waals surface area (Å²) in [5.41, 5.74) is 0. The molecule has 0 atom stereocenters. The van der Waals surface area contributed by atoms with Crippen LogP contribution in [0.3, 0.4) is 0 Å². The Kier molecular flexibility index (Phi) is 14.5. The molecule has 5 heteroatoms. The molecule has 194 valence electrons. The zero-order chi connectivity index (χ0) is 25.3. The number of rotatable bonds is 18. The van der Waals surface area contributed by atoms with Gasteiger partial charge in [-0.25, -0.2) is 0 Å². The Hall–Kier alpha value is -2.07. The summed E-state index contributed by atoms with van der Waals surface area (Å²) in [6.45, 7) is 4.42. The second kappa shape index (κ2) is 17.4. The Bertz CT molecular complexity index is 909. The maximum atomic E-state index is 12.5. The standard InChI is InChI=1S/C30H43ClO4/c1-3-5-7-9-11-13-15-21-28(32)34-27-23-26(31)30(25-20-18-17-19-24(25)27)35-29(33)22-16-14-12-10-8-6-4-2/h17-20,23H,3-16,21-22H2,1-2H3. The van der Waals surface area contributed by atoms with E-state index < -0.39 is 0 Å². The van der Waals surface area contributed by atoms with Gasteiger partial charge in [-0.15, -0.1) is 0 Å². The fourth-order valence-electron chi connectivity index (χ4n) is 4.26. The maximum Gasteiger partial charge on any atom is 0.311 e. The van der Waals surface area contributed by atoms with E-state index in [-0.39, 0.29) is 17.0 Å². The Labute approximate surface area is 216 Å². The molecule has 4 nitrogen and oxygen atoms in total. The lowest BCUT2D eigenvalue weighted by Crippen LogP contribution is -2.10. The molecule has 0 aliphatic carbocycles. The van der Waals surface area contributed by atoms with Crippen LogP contribution in [0.2, 0.25) is 5.02 Å². The molecule has 2 rings (SSSR count). The number of halogens is 1. The summed E-state index contributed by atoms with van der Waals surface area (Å²) < 4.78 is 11.3. The highest BCUT2D eigenvalue weighted by Crippen LogP contribution is 2.40. The third-order valence-corrected chi connectivity index (χ3v) is 6.60. The second-order valence-electron chi connectivity index (χ2n) is 9.42. The van der Waals surface area contributed by atoms with Crippen LogP contribution in [0.4, 0.5) is 0 Å². The molecule has 0 N–H and O–H groups in total. The number of hydrogen-bond donors (Lipinski definition) is 0. The maximum absolute atomic E-state index is 12.5. The number of hydrogen-bond acceptors (Lipinski definition) is 4. The second-order valence-corrected chi connectivity index (χ2v) is 9.83. The van der Waals surface area contributed by atoms with Gasteiger partial charge in [0.2, 0.25) is 0 Å². The number of esters is 2. The summed E-state index contributed by atoms with van der Waals surface area (Å²) in [7, 11) is 0. The molecule has 0 heterocycles. The highest BCUT2D eigenvalue weighted by atomic mass is 35.5. The highest BCUT2D eigenvalue weighted by molar-refractivity contribution is 6.33. The van der Waals surface area contributed by atoms with Crippen LogP contribution in [-0.2, 0) is 9.59 Å². The van der Waals surface area contributed by atoms with Crippen LogP contribution in [0.1, 0.15) is 117 Å². The van der Waals surface area contributed by atoms with E-state index in [0.717, 1.165) is 38.5 Å². The van der Waals surface area contributed by atoms with Crippen molar-refractivity contribution in [2.75, 3.05) is 0 Å². The highest BCUT2D eigenvalue weighted by Gasteiger charge is 2.18. The van der Waals surface area contributed by atoms with E-state index in [2.05, 4.69) is 13.8 Å². The molecule has 0 amide bonds. The SMILES string of the molecule is CCCCCCCCCC(=O)Oc1cc(Cl)c(OC(=O)CCCCCCCCC)c2ccccc12. The molecule has 0 saturated carbocycles. The van der Waals surface area contributed by atoms with Gasteiger partial charge in [0.15, 0.2) is 5.75 Å². The number of carbonyl (C=O) groups is 2. The average molecular weight is 503 g/mol. The zero-order valence-electron chi connectivity index (χ0n) is 21.7. The largest absolute Gasteiger partial charge is 0.426 e. The Morgan fingerprint density at radius 1 is 0.657 bits per heavy atom. The number of carbonyl (C=O) groups excluding carboxylic acids is 2. The summed E-state index contributed by atoms with van der Waals surface area (Å²) in [5.74, 6) is 0.199. The molecule has 0 aliphatic heterocycles. The van der Waals surface area contributed by atoms with Gasteiger partial charge in [0.05, 0.1) is 5.02 Å². The predicted molar refractivity (Wildman–Crippen MR) is 145 cm³/mol. The van der Waals surface area contributed by atoms with Gasteiger partial charge in [-0.1, -0.05) is 127 Å². The first-order chi connectivity index (χ1) is 17.1. The van der Waals surface area contributed by atoms with Crippen molar-refractivity contribution in [1.29, 1.82) is 0 Å². The topological polar surface area (TPSA) is 52.6 Å². The van der Waals surface area contributed by atoms with Crippen molar-refractivity contribution in [3.63, 3.8) is 0 Å². The molecule has 2 aromatic rings. The Balaban J connectivity index is 1.90. The summed E-state index contributed by atoms with van der Waals surface area (Å²) in [4.78, 5) is 24.9. The fourth-order valence-corrected chi connectivity index (χ4v) is 4.50. The van der Waals surface area contributed by atoms with Crippen LogP contribution >= 0.6 is 11.6 Å². The lowest BCUT2D eigenvalue weighted by molar-refractivity contribution is -0.135. The van der Waals surface area contributed by atoms with Crippen molar-refractivity contribution in [3.05, 3.63) is 35.4 Å². The minimum atomic E-state index is -0.283. The first kappa shape index (κ1) is 29.2. The van der Waals surface area contributed by atoms with Gasteiger partial charge in [0.25, 0.3) is 0 Å². The minimum absolute atomic E-state index is 0.261. The van der Waals surface area contributed by atoms with Gasteiger partial charge >= 0.3 is 11.9 Å². The molecule has 2 aromatic carbocycles. The zero-order valence-corrected chi connectivity index (χ0v) is 22.5. The van der Waals surface area contributed by atoms with Crippen LogP contribution < -0.4 is 9.47 Å². The van der Waals surface area contributed by atoms with E-state index in [9.17, 15) is 9.59 Å². The quantitative estimate of drug-likeness (QED) is 0.116. The van der Waals surface area contributed by atoms with Gasteiger partial charge in [-0.2, -0.15) is 0 Å². The van der Waals surface area contributed by atoms with E-state index in [4.69, 9.17) is 21.1 Å². The van der Waals surface area contributed by atoms with Crippen molar-refractivity contribution in [2.24, 2.45) is 0 Å². The van der Waals surface area contributed by atoms with E-state index >= 15 is 0 Å². The normalized spacial score (nSPS) is 11.1. The van der Waals surface area contributed by atoms with Gasteiger partial charge in [-0.3, -0.25) is 9.59 Å². The van der Waals surface area contributed by atoms with Crippen LogP contribution in [0.5, 0.6) is 11.5 Å². The number of unbranched alkanes of at least 4 members (excludes halogenated alkanes) is 12. The van der Waals surface area contributed by atoms with Crippen LogP contribution in [0.15, 0.2) is 30.3 Å². The van der Waals surface area contributed by atoms with E-state index in [1.54, 1.807) is 6.07 Å². The van der Waals surface area contributed by atoms with Crippen molar-refractivity contribution in [2.45, 2.75) is 117 Å². The first-order valence-electron chi connectivity index (χ1n) is 13.7. The van der Waals surface area contributed by atoms with Gasteiger partial charge in [0, 0.05) is 29.7 Å². The first-order valence-corrected chi connectivity index (χ1v) is 14.1. The molecule has 0 spiro atoms. The molecule has 0 unspecified atom stereocenters. The minimum Gasteiger partial charge on any atom is -0.426 e. The summed E-state index contributed by atoms with van der Waals surface area (Å²) >= 11 is 6.49. The molecular weight excluding hydrogens is 460 g/mol. The molecule has 0 radical (unpaired) electrons.